The molecule has 1 amide bonds. The fourth-order valence-corrected chi connectivity index (χ4v) is 3.07. The lowest BCUT2D eigenvalue weighted by molar-refractivity contribution is 0.0697. The number of aliphatic hydroxyl groups is 1. The highest BCUT2D eigenvalue weighted by molar-refractivity contribution is 5.95. The number of amides is 1. The summed E-state index contributed by atoms with van der Waals surface area (Å²) in [7, 11) is 0. The number of phenolic OH excluding ortho intramolecular Hbond substituents is 1. The number of aryl methyl sites for hydroxylation is 1. The van der Waals surface area contributed by atoms with Crippen LogP contribution in [0.3, 0.4) is 0 Å². The summed E-state index contributed by atoms with van der Waals surface area (Å²) in [6.45, 7) is 3.89. The highest BCUT2D eigenvalue weighted by Gasteiger charge is 2.35. The fraction of sp³-hybridized carbons (Fsp3) is 0.562. The van der Waals surface area contributed by atoms with E-state index in [1.807, 2.05) is 0 Å². The zero-order valence-electron chi connectivity index (χ0n) is 12.1. The molecule has 2 atom stereocenters. The Labute approximate surface area is 119 Å². The summed E-state index contributed by atoms with van der Waals surface area (Å²) in [5.41, 5.74) is 0.694. The minimum absolute atomic E-state index is 0.0276. The lowest BCUT2D eigenvalue weighted by Gasteiger charge is -2.39. The van der Waals surface area contributed by atoms with Crippen molar-refractivity contribution in [2.24, 2.45) is 5.92 Å². The maximum absolute atomic E-state index is 12.3. The Balaban J connectivity index is 2.14. The van der Waals surface area contributed by atoms with Gasteiger partial charge in [0, 0.05) is 5.56 Å². The average Bonchev–Trinajstić information content (AvgIpc) is 2.41. The Morgan fingerprint density at radius 1 is 1.50 bits per heavy atom. The van der Waals surface area contributed by atoms with Crippen LogP contribution >= 0.6 is 0 Å². The van der Waals surface area contributed by atoms with Crippen molar-refractivity contribution >= 4 is 5.91 Å². The van der Waals surface area contributed by atoms with Gasteiger partial charge in [0.25, 0.3) is 5.91 Å². The zero-order chi connectivity index (χ0) is 14.8. The number of aromatic hydroxyl groups is 1. The molecule has 0 saturated heterocycles. The Hall–Kier alpha value is -1.55. The fourth-order valence-electron chi connectivity index (χ4n) is 3.07. The predicted octanol–water partition coefficient (Wildman–Crippen LogP) is 2.37. The lowest BCUT2D eigenvalue weighted by atomic mass is 9.76. The van der Waals surface area contributed by atoms with Crippen molar-refractivity contribution in [3.8, 4) is 5.75 Å². The third-order valence-electron chi connectivity index (χ3n) is 4.23. The van der Waals surface area contributed by atoms with Gasteiger partial charge in [-0.05, 0) is 49.4 Å². The van der Waals surface area contributed by atoms with Gasteiger partial charge in [0.1, 0.15) is 5.75 Å². The number of hydrogen-bond donors (Lipinski definition) is 3. The van der Waals surface area contributed by atoms with Gasteiger partial charge in [-0.15, -0.1) is 0 Å². The standard InChI is InChI=1S/C16H23NO3/c1-11-4-3-7-16(9-11,10-18)17-15(20)13-5-6-14(19)12(2)8-13/h5-6,8,11,18-19H,3-4,7,9-10H2,1-2H3,(H,17,20). The highest BCUT2D eigenvalue weighted by Crippen LogP contribution is 2.32. The molecule has 4 nitrogen and oxygen atoms in total. The van der Waals surface area contributed by atoms with E-state index in [4.69, 9.17) is 0 Å². The minimum atomic E-state index is -0.499. The highest BCUT2D eigenvalue weighted by atomic mass is 16.3. The number of carbonyl (C=O) groups excluding carboxylic acids is 1. The third-order valence-corrected chi connectivity index (χ3v) is 4.23. The minimum Gasteiger partial charge on any atom is -0.508 e. The van der Waals surface area contributed by atoms with Crippen molar-refractivity contribution in [1.82, 2.24) is 5.32 Å². The molecule has 0 bridgehead atoms. The molecule has 0 radical (unpaired) electrons. The molecule has 0 aliphatic heterocycles. The van der Waals surface area contributed by atoms with Gasteiger partial charge in [0.15, 0.2) is 0 Å². The molecular weight excluding hydrogens is 254 g/mol. The smallest absolute Gasteiger partial charge is 0.251 e. The lowest BCUT2D eigenvalue weighted by Crippen LogP contribution is -2.53. The molecule has 2 rings (SSSR count). The molecule has 20 heavy (non-hydrogen) atoms. The number of rotatable bonds is 3. The molecule has 3 N–H and O–H groups in total. The first-order chi connectivity index (χ1) is 9.46. The SMILES string of the molecule is Cc1cc(C(=O)NC2(CO)CCCC(C)C2)ccc1O. The third kappa shape index (κ3) is 3.12. The summed E-state index contributed by atoms with van der Waals surface area (Å²) in [5.74, 6) is 0.513. The molecular formula is C16H23NO3. The number of nitrogens with one attached hydrogen (secondary N) is 1. The molecule has 0 heterocycles. The Morgan fingerprint density at radius 2 is 2.25 bits per heavy atom. The molecule has 1 aliphatic carbocycles. The number of hydrogen-bond acceptors (Lipinski definition) is 3. The first-order valence-corrected chi connectivity index (χ1v) is 7.19. The van der Waals surface area contributed by atoms with E-state index in [2.05, 4.69) is 12.2 Å². The van der Waals surface area contributed by atoms with E-state index in [9.17, 15) is 15.0 Å². The Kier molecular flexibility index (Phi) is 4.33. The molecule has 1 aliphatic rings. The van der Waals surface area contributed by atoms with Crippen LogP contribution in [0.1, 0.15) is 48.5 Å². The molecule has 110 valence electrons. The maximum Gasteiger partial charge on any atom is 0.251 e. The molecule has 2 unspecified atom stereocenters. The van der Waals surface area contributed by atoms with E-state index in [0.29, 0.717) is 17.0 Å². The summed E-state index contributed by atoms with van der Waals surface area (Å²) < 4.78 is 0. The summed E-state index contributed by atoms with van der Waals surface area (Å²) >= 11 is 0. The van der Waals surface area contributed by atoms with Crippen molar-refractivity contribution in [3.05, 3.63) is 29.3 Å². The second-order valence-electron chi connectivity index (χ2n) is 6.10. The first-order valence-electron chi connectivity index (χ1n) is 7.19. The largest absolute Gasteiger partial charge is 0.508 e. The zero-order valence-corrected chi connectivity index (χ0v) is 12.1. The van der Waals surface area contributed by atoms with E-state index < -0.39 is 5.54 Å². The van der Waals surface area contributed by atoms with Crippen LogP contribution in [0.15, 0.2) is 18.2 Å². The molecule has 1 aromatic rings. The van der Waals surface area contributed by atoms with Gasteiger partial charge in [-0.3, -0.25) is 4.79 Å². The molecule has 1 aromatic carbocycles. The molecule has 0 spiro atoms. The van der Waals surface area contributed by atoms with Gasteiger partial charge >= 0.3 is 0 Å². The van der Waals surface area contributed by atoms with E-state index >= 15 is 0 Å². The van der Waals surface area contributed by atoms with E-state index in [-0.39, 0.29) is 18.3 Å². The van der Waals surface area contributed by atoms with Crippen molar-refractivity contribution in [2.75, 3.05) is 6.61 Å². The topological polar surface area (TPSA) is 69.6 Å². The summed E-state index contributed by atoms with van der Waals surface area (Å²) in [6, 6.07) is 4.80. The normalized spacial score (nSPS) is 26.2. The van der Waals surface area contributed by atoms with Crippen LogP contribution in [0.25, 0.3) is 0 Å². The number of phenols is 1. The van der Waals surface area contributed by atoms with Crippen molar-refractivity contribution < 1.29 is 15.0 Å². The second-order valence-corrected chi connectivity index (χ2v) is 6.10. The van der Waals surface area contributed by atoms with Crippen LogP contribution in [0.2, 0.25) is 0 Å². The second kappa shape index (κ2) is 5.83. The van der Waals surface area contributed by atoms with Crippen LogP contribution < -0.4 is 5.32 Å². The number of benzene rings is 1. The van der Waals surface area contributed by atoms with Crippen LogP contribution in [0.4, 0.5) is 0 Å². The number of aliphatic hydroxyl groups excluding tert-OH is 1. The van der Waals surface area contributed by atoms with Gasteiger partial charge in [-0.1, -0.05) is 19.8 Å². The average molecular weight is 277 g/mol. The molecule has 4 heteroatoms. The maximum atomic E-state index is 12.3. The van der Waals surface area contributed by atoms with Gasteiger partial charge in [-0.2, -0.15) is 0 Å². The van der Waals surface area contributed by atoms with E-state index in [1.165, 1.54) is 6.07 Å². The van der Waals surface area contributed by atoms with E-state index in [0.717, 1.165) is 25.7 Å². The Bertz CT molecular complexity index is 500. The summed E-state index contributed by atoms with van der Waals surface area (Å²) in [6.07, 6.45) is 3.80. The Morgan fingerprint density at radius 3 is 2.85 bits per heavy atom. The van der Waals surface area contributed by atoms with Crippen LogP contribution in [-0.4, -0.2) is 28.3 Å². The first kappa shape index (κ1) is 14.9. The molecule has 0 aromatic heterocycles. The van der Waals surface area contributed by atoms with Crippen LogP contribution in [0, 0.1) is 12.8 Å². The van der Waals surface area contributed by atoms with E-state index in [1.54, 1.807) is 19.1 Å². The van der Waals surface area contributed by atoms with Crippen LogP contribution in [-0.2, 0) is 0 Å². The molecule has 1 fully saturated rings. The van der Waals surface area contributed by atoms with Gasteiger partial charge in [0.05, 0.1) is 12.1 Å². The predicted molar refractivity (Wildman–Crippen MR) is 77.8 cm³/mol. The summed E-state index contributed by atoms with van der Waals surface area (Å²) in [4.78, 5) is 12.3. The summed E-state index contributed by atoms with van der Waals surface area (Å²) in [5, 5.41) is 22.2. The molecule has 1 saturated carbocycles. The van der Waals surface area contributed by atoms with Crippen molar-refractivity contribution in [2.45, 2.75) is 45.1 Å². The van der Waals surface area contributed by atoms with Crippen molar-refractivity contribution in [1.29, 1.82) is 0 Å². The van der Waals surface area contributed by atoms with Crippen LogP contribution in [0.5, 0.6) is 5.75 Å². The van der Waals surface area contributed by atoms with Gasteiger partial charge < -0.3 is 15.5 Å². The van der Waals surface area contributed by atoms with Gasteiger partial charge in [0.2, 0.25) is 0 Å². The quantitative estimate of drug-likeness (QED) is 0.794. The monoisotopic (exact) mass is 277 g/mol. The van der Waals surface area contributed by atoms with Crippen molar-refractivity contribution in [3.63, 3.8) is 0 Å². The number of carbonyl (C=O) groups is 1. The van der Waals surface area contributed by atoms with Gasteiger partial charge in [-0.25, -0.2) is 0 Å².